The van der Waals surface area contributed by atoms with E-state index < -0.39 is 54.1 Å². The van der Waals surface area contributed by atoms with Crippen molar-refractivity contribution in [2.24, 2.45) is 23.1 Å². The molecule has 0 bridgehead atoms. The Morgan fingerprint density at radius 2 is 1.41 bits per heavy atom. The third kappa shape index (κ3) is 12.2. The maximum atomic E-state index is 12.9. The molecule has 0 aliphatic carbocycles. The first-order valence-electron chi connectivity index (χ1n) is 10.5. The third-order valence-electron chi connectivity index (χ3n) is 4.57. The molecule has 0 aromatic rings. The van der Waals surface area contributed by atoms with Gasteiger partial charge >= 0.3 is 5.97 Å². The number of nitrogens with two attached hydrogens (primary N) is 3. The summed E-state index contributed by atoms with van der Waals surface area (Å²) in [6, 6.07) is -3.80. The molecule has 3 amide bonds. The number of nitrogens with one attached hydrogen (secondary N) is 4. The fraction of sp³-hybridized carbons (Fsp3) is 0.789. The van der Waals surface area contributed by atoms with Crippen LogP contribution in [-0.4, -0.2) is 77.8 Å². The van der Waals surface area contributed by atoms with Crippen molar-refractivity contribution in [3.05, 3.63) is 0 Å². The topological polar surface area (TPSA) is 215 Å². The van der Waals surface area contributed by atoms with Gasteiger partial charge in [-0.25, -0.2) is 4.79 Å². The Kier molecular flexibility index (Phi) is 14.9. The van der Waals surface area contributed by atoms with Crippen molar-refractivity contribution in [1.29, 1.82) is 0 Å². The van der Waals surface area contributed by atoms with Gasteiger partial charge in [-0.05, 0) is 50.7 Å². The van der Waals surface area contributed by atoms with Gasteiger partial charge in [0.1, 0.15) is 24.4 Å². The zero-order valence-electron chi connectivity index (χ0n) is 19.2. The van der Waals surface area contributed by atoms with Crippen LogP contribution < -0.4 is 38.5 Å². The van der Waals surface area contributed by atoms with Crippen LogP contribution in [0.1, 0.15) is 40.0 Å². The fourth-order valence-electron chi connectivity index (χ4n) is 2.69. The van der Waals surface area contributed by atoms with E-state index in [1.165, 1.54) is 18.7 Å². The van der Waals surface area contributed by atoms with Gasteiger partial charge in [-0.15, -0.1) is 0 Å². The molecule has 13 heteroatoms. The van der Waals surface area contributed by atoms with Crippen molar-refractivity contribution >= 4 is 35.5 Å². The maximum absolute atomic E-state index is 12.9. The Morgan fingerprint density at radius 3 is 1.88 bits per heavy atom. The summed E-state index contributed by atoms with van der Waals surface area (Å²) < 4.78 is 0. The standard InChI is InChI=1S/C19H39N7O5S/c1-10(2)14(18(30)31)26-17(29)12(6-5-8-23-19(21)22)25-16(28)13(7-9-32-4)24-15(27)11(3)20/h10-14,19,23H,5-9,20-22H2,1-4H3,(H,24,27)(H,25,28)(H,26,29)(H,30,31)/t11-,12-,13-,14-/m0/s1. The Balaban J connectivity index is 5.41. The minimum atomic E-state index is -1.17. The Morgan fingerprint density at radius 1 is 0.875 bits per heavy atom. The average Bonchev–Trinajstić information content (AvgIpc) is 2.69. The van der Waals surface area contributed by atoms with E-state index in [4.69, 9.17) is 17.2 Å². The number of thioether (sulfide) groups is 1. The molecular weight excluding hydrogens is 438 g/mol. The van der Waals surface area contributed by atoms with Crippen molar-refractivity contribution in [3.63, 3.8) is 0 Å². The molecule has 0 aliphatic heterocycles. The summed E-state index contributed by atoms with van der Waals surface area (Å²) in [6.45, 7) is 5.23. The summed E-state index contributed by atoms with van der Waals surface area (Å²) in [6.07, 6.45) is 2.13. The van der Waals surface area contributed by atoms with Crippen LogP contribution in [0, 0.1) is 5.92 Å². The van der Waals surface area contributed by atoms with E-state index in [2.05, 4.69) is 21.3 Å². The largest absolute Gasteiger partial charge is 0.480 e. The number of aliphatic carboxylic acids is 1. The molecule has 0 rings (SSSR count). The van der Waals surface area contributed by atoms with Gasteiger partial charge in [-0.3, -0.25) is 19.7 Å². The maximum Gasteiger partial charge on any atom is 0.326 e. The molecule has 0 aromatic carbocycles. The lowest BCUT2D eigenvalue weighted by Crippen LogP contribution is -2.57. The molecule has 12 nitrogen and oxygen atoms in total. The summed E-state index contributed by atoms with van der Waals surface area (Å²) in [7, 11) is 0. The van der Waals surface area contributed by atoms with Gasteiger partial charge in [0.05, 0.1) is 6.04 Å². The summed E-state index contributed by atoms with van der Waals surface area (Å²) in [5.74, 6) is -2.59. The summed E-state index contributed by atoms with van der Waals surface area (Å²) in [5, 5.41) is 19.9. The van der Waals surface area contributed by atoms with E-state index in [9.17, 15) is 24.3 Å². The van der Waals surface area contributed by atoms with E-state index in [-0.39, 0.29) is 12.3 Å². The van der Waals surface area contributed by atoms with E-state index in [1.807, 2.05) is 6.26 Å². The second kappa shape index (κ2) is 15.8. The van der Waals surface area contributed by atoms with Crippen LogP contribution in [0.4, 0.5) is 0 Å². The smallest absolute Gasteiger partial charge is 0.326 e. The quantitative estimate of drug-likeness (QED) is 0.0890. The lowest BCUT2D eigenvalue weighted by Gasteiger charge is -2.26. The highest BCUT2D eigenvalue weighted by Crippen LogP contribution is 2.07. The molecule has 32 heavy (non-hydrogen) atoms. The highest BCUT2D eigenvalue weighted by molar-refractivity contribution is 7.98. The molecule has 0 aromatic heterocycles. The second-order valence-corrected chi connectivity index (χ2v) is 8.87. The van der Waals surface area contributed by atoms with Gasteiger partial charge in [0, 0.05) is 0 Å². The van der Waals surface area contributed by atoms with Crippen LogP contribution in [-0.2, 0) is 19.2 Å². The molecule has 0 aliphatic rings. The van der Waals surface area contributed by atoms with Crippen molar-refractivity contribution in [1.82, 2.24) is 21.3 Å². The van der Waals surface area contributed by atoms with Gasteiger partial charge < -0.3 is 38.3 Å². The normalized spacial score (nSPS) is 15.0. The van der Waals surface area contributed by atoms with Gasteiger partial charge in [-0.1, -0.05) is 13.8 Å². The van der Waals surface area contributed by atoms with E-state index in [0.29, 0.717) is 25.1 Å². The zero-order valence-corrected chi connectivity index (χ0v) is 20.0. The molecule has 0 radical (unpaired) electrons. The predicted octanol–water partition coefficient (Wildman–Crippen LogP) is -2.15. The summed E-state index contributed by atoms with van der Waals surface area (Å²) in [4.78, 5) is 49.2. The van der Waals surface area contributed by atoms with Gasteiger partial charge in [0.25, 0.3) is 0 Å². The molecule has 11 N–H and O–H groups in total. The summed E-state index contributed by atoms with van der Waals surface area (Å²) in [5.41, 5.74) is 16.5. The number of hydrogen-bond donors (Lipinski definition) is 8. The molecule has 186 valence electrons. The molecule has 0 heterocycles. The monoisotopic (exact) mass is 477 g/mol. The molecule has 0 spiro atoms. The number of carbonyl (C=O) groups is 4. The van der Waals surface area contributed by atoms with Crippen LogP contribution in [0.15, 0.2) is 0 Å². The molecule has 4 atom stereocenters. The number of amides is 3. The SMILES string of the molecule is CSCC[C@H](NC(=O)[C@H](C)N)C(=O)N[C@@H](CCCNC(N)N)C(=O)N[C@H](C(=O)O)C(C)C. The highest BCUT2D eigenvalue weighted by Gasteiger charge is 2.30. The van der Waals surface area contributed by atoms with Crippen molar-refractivity contribution in [2.75, 3.05) is 18.6 Å². The van der Waals surface area contributed by atoms with Gasteiger partial charge in [0.15, 0.2) is 0 Å². The van der Waals surface area contributed by atoms with Crippen molar-refractivity contribution < 1.29 is 24.3 Å². The Hall–Kier alpha value is -1.93. The van der Waals surface area contributed by atoms with Crippen LogP contribution in [0.5, 0.6) is 0 Å². The number of carboxylic acids is 1. The number of rotatable bonds is 16. The number of carbonyl (C=O) groups excluding carboxylic acids is 3. The highest BCUT2D eigenvalue weighted by atomic mass is 32.2. The zero-order chi connectivity index (χ0) is 24.8. The second-order valence-electron chi connectivity index (χ2n) is 7.88. The molecule has 0 fully saturated rings. The van der Waals surface area contributed by atoms with E-state index in [1.54, 1.807) is 13.8 Å². The Bertz CT molecular complexity index is 619. The number of hydrogen-bond acceptors (Lipinski definition) is 9. The minimum absolute atomic E-state index is 0.207. The van der Waals surface area contributed by atoms with E-state index in [0.717, 1.165) is 0 Å². The van der Waals surface area contributed by atoms with Gasteiger partial charge in [-0.2, -0.15) is 11.8 Å². The van der Waals surface area contributed by atoms with Crippen LogP contribution in [0.3, 0.4) is 0 Å². The number of carboxylic acid groups (broad SMARTS) is 1. The Labute approximate surface area is 193 Å². The first kappa shape index (κ1) is 30.1. The first-order valence-corrected chi connectivity index (χ1v) is 11.9. The average molecular weight is 478 g/mol. The lowest BCUT2D eigenvalue weighted by atomic mass is 10.0. The minimum Gasteiger partial charge on any atom is -0.480 e. The molecule has 0 unspecified atom stereocenters. The fourth-order valence-corrected chi connectivity index (χ4v) is 3.16. The molecule has 0 saturated carbocycles. The summed E-state index contributed by atoms with van der Waals surface area (Å²) >= 11 is 1.50. The van der Waals surface area contributed by atoms with Crippen LogP contribution in [0.25, 0.3) is 0 Å². The van der Waals surface area contributed by atoms with E-state index >= 15 is 0 Å². The van der Waals surface area contributed by atoms with Crippen LogP contribution in [0.2, 0.25) is 0 Å². The third-order valence-corrected chi connectivity index (χ3v) is 5.21. The predicted molar refractivity (Wildman–Crippen MR) is 124 cm³/mol. The first-order chi connectivity index (χ1) is 14.9. The van der Waals surface area contributed by atoms with Crippen LogP contribution >= 0.6 is 11.8 Å². The van der Waals surface area contributed by atoms with Gasteiger partial charge in [0.2, 0.25) is 17.7 Å². The van der Waals surface area contributed by atoms with Crippen molar-refractivity contribution in [3.8, 4) is 0 Å². The lowest BCUT2D eigenvalue weighted by molar-refractivity contribution is -0.143. The molecular formula is C19H39N7O5S. The van der Waals surface area contributed by atoms with Crippen molar-refractivity contribution in [2.45, 2.75) is 70.5 Å². The molecule has 0 saturated heterocycles.